The molecule has 0 atom stereocenters. The maximum absolute atomic E-state index is 11.8. The summed E-state index contributed by atoms with van der Waals surface area (Å²) in [5, 5.41) is 7.09. The van der Waals surface area contributed by atoms with Crippen molar-refractivity contribution in [1.82, 2.24) is 4.98 Å². The van der Waals surface area contributed by atoms with Gasteiger partial charge in [0.15, 0.2) is 0 Å². The number of aromatic nitrogens is 1. The van der Waals surface area contributed by atoms with Crippen molar-refractivity contribution in [2.75, 3.05) is 6.61 Å². The van der Waals surface area contributed by atoms with Crippen LogP contribution in [0.25, 0.3) is 0 Å². The molecule has 0 saturated carbocycles. The standard InChI is InChI=1S/C9H10F3N3O/c10-9(11,12)2-4-16-6-1-3-15-7(5-6)8(13)14/h1,3,5H,2,4H2,(H3,13,14). The zero-order valence-electron chi connectivity index (χ0n) is 8.21. The summed E-state index contributed by atoms with van der Waals surface area (Å²) < 4.78 is 40.3. The van der Waals surface area contributed by atoms with Crippen molar-refractivity contribution >= 4 is 5.84 Å². The number of hydrogen-bond donors (Lipinski definition) is 2. The molecule has 0 unspecified atom stereocenters. The molecule has 88 valence electrons. The van der Waals surface area contributed by atoms with Gasteiger partial charge in [0.1, 0.15) is 17.3 Å². The largest absolute Gasteiger partial charge is 0.493 e. The number of nitrogens with zero attached hydrogens (tertiary/aromatic N) is 1. The second-order valence-electron chi connectivity index (χ2n) is 3.00. The van der Waals surface area contributed by atoms with E-state index in [-0.39, 0.29) is 17.3 Å². The van der Waals surface area contributed by atoms with Gasteiger partial charge in [-0.2, -0.15) is 13.2 Å². The molecule has 0 aromatic carbocycles. The van der Waals surface area contributed by atoms with E-state index in [9.17, 15) is 13.2 Å². The van der Waals surface area contributed by atoms with E-state index in [0.29, 0.717) is 0 Å². The van der Waals surface area contributed by atoms with Gasteiger partial charge in [0.2, 0.25) is 0 Å². The smallest absolute Gasteiger partial charge is 0.392 e. The summed E-state index contributed by atoms with van der Waals surface area (Å²) in [6.07, 6.45) is -3.94. The molecule has 1 aromatic heterocycles. The van der Waals surface area contributed by atoms with Gasteiger partial charge in [-0.05, 0) is 6.07 Å². The first kappa shape index (κ1) is 12.3. The van der Waals surface area contributed by atoms with E-state index < -0.39 is 19.2 Å². The summed E-state index contributed by atoms with van der Waals surface area (Å²) in [5.41, 5.74) is 5.34. The fourth-order valence-corrected chi connectivity index (χ4v) is 0.933. The molecule has 3 N–H and O–H groups in total. The molecule has 0 aliphatic rings. The molecule has 1 aromatic rings. The number of halogens is 3. The average molecular weight is 233 g/mol. The molecule has 0 radical (unpaired) electrons. The van der Waals surface area contributed by atoms with Crippen LogP contribution in [0.5, 0.6) is 5.75 Å². The predicted molar refractivity (Wildman–Crippen MR) is 51.4 cm³/mol. The number of nitrogens with two attached hydrogens (primary N) is 1. The second-order valence-corrected chi connectivity index (χ2v) is 3.00. The molecule has 0 amide bonds. The van der Waals surface area contributed by atoms with E-state index >= 15 is 0 Å². The summed E-state index contributed by atoms with van der Waals surface area (Å²) >= 11 is 0. The van der Waals surface area contributed by atoms with Crippen molar-refractivity contribution < 1.29 is 17.9 Å². The third kappa shape index (κ3) is 4.16. The highest BCUT2D eigenvalue weighted by molar-refractivity contribution is 5.93. The predicted octanol–water partition coefficient (Wildman–Crippen LogP) is 1.70. The molecule has 0 spiro atoms. The SMILES string of the molecule is N=C(N)c1cc(OCCC(F)(F)F)ccn1. The molecule has 7 heteroatoms. The van der Waals surface area contributed by atoms with Crippen molar-refractivity contribution in [3.63, 3.8) is 0 Å². The Kier molecular flexibility index (Phi) is 3.70. The maximum Gasteiger partial charge on any atom is 0.392 e. The number of rotatable bonds is 4. The Hall–Kier alpha value is -1.79. The molecule has 1 heterocycles. The molecule has 0 bridgehead atoms. The Morgan fingerprint density at radius 2 is 2.19 bits per heavy atom. The molecule has 0 saturated heterocycles. The Morgan fingerprint density at radius 1 is 1.50 bits per heavy atom. The van der Waals surface area contributed by atoms with E-state index in [1.54, 1.807) is 0 Å². The summed E-state index contributed by atoms with van der Waals surface area (Å²) in [6.45, 7) is -0.467. The Morgan fingerprint density at radius 3 is 2.75 bits per heavy atom. The molecule has 1 rings (SSSR count). The number of pyridine rings is 1. The van der Waals surface area contributed by atoms with Gasteiger partial charge in [0.05, 0.1) is 13.0 Å². The summed E-state index contributed by atoms with van der Waals surface area (Å²) in [7, 11) is 0. The minimum Gasteiger partial charge on any atom is -0.493 e. The van der Waals surface area contributed by atoms with Gasteiger partial charge in [-0.1, -0.05) is 0 Å². The highest BCUT2D eigenvalue weighted by atomic mass is 19.4. The van der Waals surface area contributed by atoms with Crippen LogP contribution < -0.4 is 10.5 Å². The van der Waals surface area contributed by atoms with E-state index in [2.05, 4.69) is 4.98 Å². The number of nitrogens with one attached hydrogen (secondary N) is 1. The van der Waals surface area contributed by atoms with Crippen LogP contribution in [0.3, 0.4) is 0 Å². The van der Waals surface area contributed by atoms with E-state index in [0.717, 1.165) is 0 Å². The van der Waals surface area contributed by atoms with Gasteiger partial charge in [-0.15, -0.1) is 0 Å². The highest BCUT2D eigenvalue weighted by Gasteiger charge is 2.26. The van der Waals surface area contributed by atoms with Crippen molar-refractivity contribution in [3.8, 4) is 5.75 Å². The van der Waals surface area contributed by atoms with Crippen LogP contribution >= 0.6 is 0 Å². The number of nitrogen functional groups attached to an aromatic ring is 1. The minimum atomic E-state index is -4.24. The van der Waals surface area contributed by atoms with Gasteiger partial charge in [-0.25, -0.2) is 0 Å². The normalized spacial score (nSPS) is 11.2. The van der Waals surface area contributed by atoms with Gasteiger partial charge in [-0.3, -0.25) is 10.4 Å². The Labute approximate surface area is 89.7 Å². The van der Waals surface area contributed by atoms with Crippen molar-refractivity contribution in [3.05, 3.63) is 24.0 Å². The maximum atomic E-state index is 11.8. The zero-order chi connectivity index (χ0) is 12.2. The van der Waals surface area contributed by atoms with Crippen molar-refractivity contribution in [1.29, 1.82) is 5.41 Å². The van der Waals surface area contributed by atoms with Crippen LogP contribution in [-0.2, 0) is 0 Å². The lowest BCUT2D eigenvalue weighted by Crippen LogP contribution is -2.15. The Bertz CT molecular complexity index is 379. The Balaban J connectivity index is 2.55. The first-order chi connectivity index (χ1) is 7.38. The number of amidine groups is 1. The minimum absolute atomic E-state index is 0.171. The first-order valence-corrected chi connectivity index (χ1v) is 4.38. The quantitative estimate of drug-likeness (QED) is 0.614. The number of ether oxygens (including phenoxy) is 1. The van der Waals surface area contributed by atoms with Crippen molar-refractivity contribution in [2.45, 2.75) is 12.6 Å². The van der Waals surface area contributed by atoms with Crippen LogP contribution in [-0.4, -0.2) is 23.6 Å². The van der Waals surface area contributed by atoms with Gasteiger partial charge in [0, 0.05) is 12.3 Å². The molecular weight excluding hydrogens is 223 g/mol. The lowest BCUT2D eigenvalue weighted by atomic mass is 10.3. The van der Waals surface area contributed by atoms with E-state index in [4.69, 9.17) is 15.9 Å². The molecule has 0 fully saturated rings. The van der Waals surface area contributed by atoms with Gasteiger partial charge >= 0.3 is 6.18 Å². The van der Waals surface area contributed by atoms with Crippen LogP contribution in [0.2, 0.25) is 0 Å². The topological polar surface area (TPSA) is 72.0 Å². The number of hydrogen-bond acceptors (Lipinski definition) is 3. The third-order valence-corrected chi connectivity index (χ3v) is 1.66. The number of alkyl halides is 3. The van der Waals surface area contributed by atoms with Crippen LogP contribution in [0.15, 0.2) is 18.3 Å². The fourth-order valence-electron chi connectivity index (χ4n) is 0.933. The van der Waals surface area contributed by atoms with E-state index in [1.807, 2.05) is 0 Å². The zero-order valence-corrected chi connectivity index (χ0v) is 8.21. The fraction of sp³-hybridized carbons (Fsp3) is 0.333. The summed E-state index contributed by atoms with van der Waals surface area (Å²) in [4.78, 5) is 3.74. The van der Waals surface area contributed by atoms with Crippen LogP contribution in [0, 0.1) is 5.41 Å². The molecule has 4 nitrogen and oxygen atoms in total. The molecule has 0 aliphatic heterocycles. The molecule has 0 aliphatic carbocycles. The monoisotopic (exact) mass is 233 g/mol. The third-order valence-electron chi connectivity index (χ3n) is 1.66. The van der Waals surface area contributed by atoms with Crippen molar-refractivity contribution in [2.24, 2.45) is 5.73 Å². The van der Waals surface area contributed by atoms with Crippen LogP contribution in [0.1, 0.15) is 12.1 Å². The highest BCUT2D eigenvalue weighted by Crippen LogP contribution is 2.20. The summed E-state index contributed by atoms with van der Waals surface area (Å²) in [6, 6.07) is 2.72. The summed E-state index contributed by atoms with van der Waals surface area (Å²) in [5.74, 6) is -0.0503. The van der Waals surface area contributed by atoms with E-state index in [1.165, 1.54) is 18.3 Å². The lowest BCUT2D eigenvalue weighted by molar-refractivity contribution is -0.139. The lowest BCUT2D eigenvalue weighted by Gasteiger charge is -2.08. The first-order valence-electron chi connectivity index (χ1n) is 4.38. The average Bonchev–Trinajstić information content (AvgIpc) is 2.16. The molecular formula is C9H10F3N3O. The van der Waals surface area contributed by atoms with Crippen LogP contribution in [0.4, 0.5) is 13.2 Å². The second kappa shape index (κ2) is 4.82. The van der Waals surface area contributed by atoms with Gasteiger partial charge < -0.3 is 10.5 Å². The van der Waals surface area contributed by atoms with Gasteiger partial charge in [0.25, 0.3) is 0 Å². The molecule has 16 heavy (non-hydrogen) atoms.